The third kappa shape index (κ3) is 5.09. The van der Waals surface area contributed by atoms with E-state index in [0.717, 1.165) is 6.42 Å². The molecule has 0 spiro atoms. The number of carbonyl (C=O) groups excluding carboxylic acids is 1. The first kappa shape index (κ1) is 22.5. The third-order valence-electron chi connectivity index (χ3n) is 5.23. The smallest absolute Gasteiger partial charge is 0.251 e. The number of Topliss-reactive ketones (excluding diaryl/α,β-unsaturated/α-hetero) is 1. The number of hydrogen-bond donors (Lipinski definition) is 2. The number of aromatic amines is 1. The summed E-state index contributed by atoms with van der Waals surface area (Å²) in [5.74, 6) is 0.0567. The summed E-state index contributed by atoms with van der Waals surface area (Å²) < 4.78 is 24.9. The first-order chi connectivity index (χ1) is 14.2. The van der Waals surface area contributed by atoms with Gasteiger partial charge in [0.15, 0.2) is 9.84 Å². The molecule has 0 aliphatic heterocycles. The standard InChI is InChI=1S/C22H24ClNO5S/c1-14-3-7-20(24-22(14)27)18(12-15-4-6-17(26)11-15)16-5-8-21(19(23)13-16)30(28,29)10-2-9-25/h3,5,7-8,12-13,15,25H,2,4,6,9-11H2,1H3,(H,24,27)/b18-12-/t15-/m0/s1. The van der Waals surface area contributed by atoms with Crippen molar-refractivity contribution in [1.29, 1.82) is 0 Å². The summed E-state index contributed by atoms with van der Waals surface area (Å²) in [6, 6.07) is 8.17. The first-order valence-electron chi connectivity index (χ1n) is 9.78. The molecule has 1 fully saturated rings. The zero-order valence-electron chi connectivity index (χ0n) is 16.7. The van der Waals surface area contributed by atoms with Crippen LogP contribution in [0.3, 0.4) is 0 Å². The Bertz CT molecular complexity index is 1150. The van der Waals surface area contributed by atoms with E-state index < -0.39 is 9.84 Å². The molecule has 8 heteroatoms. The lowest BCUT2D eigenvalue weighted by Gasteiger charge is -2.14. The quantitative estimate of drug-likeness (QED) is 0.674. The summed E-state index contributed by atoms with van der Waals surface area (Å²) in [4.78, 5) is 26.7. The lowest BCUT2D eigenvalue weighted by molar-refractivity contribution is -0.117. The Balaban J connectivity index is 2.06. The fourth-order valence-corrected chi connectivity index (χ4v) is 5.44. The highest BCUT2D eigenvalue weighted by atomic mass is 35.5. The van der Waals surface area contributed by atoms with E-state index in [9.17, 15) is 18.0 Å². The fourth-order valence-electron chi connectivity index (χ4n) is 3.55. The van der Waals surface area contributed by atoms with Crippen LogP contribution in [0.25, 0.3) is 5.57 Å². The van der Waals surface area contributed by atoms with E-state index in [-0.39, 0.29) is 46.0 Å². The molecule has 1 aliphatic rings. The van der Waals surface area contributed by atoms with Crippen LogP contribution in [0.15, 0.2) is 46.1 Å². The fraction of sp³-hybridized carbons (Fsp3) is 0.364. The predicted octanol–water partition coefficient (Wildman–Crippen LogP) is 3.29. The normalized spacial score (nSPS) is 17.5. The number of allylic oxidation sites excluding steroid dienone is 1. The van der Waals surface area contributed by atoms with Gasteiger partial charge in [-0.1, -0.05) is 29.8 Å². The number of aryl methyl sites for hydroxylation is 1. The number of sulfone groups is 1. The van der Waals surface area contributed by atoms with Crippen LogP contribution in [-0.2, 0) is 14.6 Å². The zero-order valence-corrected chi connectivity index (χ0v) is 18.2. The van der Waals surface area contributed by atoms with Crippen LogP contribution in [0.2, 0.25) is 5.02 Å². The maximum Gasteiger partial charge on any atom is 0.251 e. The van der Waals surface area contributed by atoms with Crippen LogP contribution in [0, 0.1) is 12.8 Å². The Morgan fingerprint density at radius 3 is 2.63 bits per heavy atom. The third-order valence-corrected chi connectivity index (χ3v) is 7.51. The molecule has 160 valence electrons. The number of halogens is 1. The molecule has 2 aromatic rings. The molecule has 1 saturated carbocycles. The molecule has 0 bridgehead atoms. The van der Waals surface area contributed by atoms with Crippen molar-refractivity contribution in [2.75, 3.05) is 12.4 Å². The molecule has 2 N–H and O–H groups in total. The maximum atomic E-state index is 12.5. The number of benzene rings is 1. The van der Waals surface area contributed by atoms with Crippen LogP contribution in [0.5, 0.6) is 0 Å². The molecule has 6 nitrogen and oxygen atoms in total. The average Bonchev–Trinajstić information content (AvgIpc) is 3.11. The van der Waals surface area contributed by atoms with E-state index in [2.05, 4.69) is 4.98 Å². The lowest BCUT2D eigenvalue weighted by atomic mass is 9.96. The average molecular weight is 450 g/mol. The Kier molecular flexibility index (Phi) is 6.95. The largest absolute Gasteiger partial charge is 0.396 e. The van der Waals surface area contributed by atoms with Gasteiger partial charge in [-0.15, -0.1) is 0 Å². The van der Waals surface area contributed by atoms with Crippen molar-refractivity contribution in [1.82, 2.24) is 4.98 Å². The first-order valence-corrected chi connectivity index (χ1v) is 11.8. The van der Waals surface area contributed by atoms with Crippen molar-refractivity contribution >= 4 is 32.8 Å². The van der Waals surface area contributed by atoms with Crippen molar-refractivity contribution in [2.24, 2.45) is 5.92 Å². The summed E-state index contributed by atoms with van der Waals surface area (Å²) in [6.07, 6.45) is 3.80. The number of rotatable bonds is 7. The second-order valence-corrected chi connectivity index (χ2v) is 10.0. The van der Waals surface area contributed by atoms with E-state index >= 15 is 0 Å². The lowest BCUT2D eigenvalue weighted by Crippen LogP contribution is -2.12. The number of nitrogens with one attached hydrogen (secondary N) is 1. The van der Waals surface area contributed by atoms with E-state index in [4.69, 9.17) is 16.7 Å². The Morgan fingerprint density at radius 2 is 2.03 bits per heavy atom. The minimum Gasteiger partial charge on any atom is -0.396 e. The molecule has 1 atom stereocenters. The van der Waals surface area contributed by atoms with Gasteiger partial charge in [-0.05, 0) is 49.4 Å². The highest BCUT2D eigenvalue weighted by Gasteiger charge is 2.23. The number of aliphatic hydroxyl groups excluding tert-OH is 1. The minimum absolute atomic E-state index is 0.00848. The van der Waals surface area contributed by atoms with Crippen molar-refractivity contribution in [3.8, 4) is 0 Å². The van der Waals surface area contributed by atoms with Gasteiger partial charge in [0.25, 0.3) is 5.56 Å². The summed E-state index contributed by atoms with van der Waals surface area (Å²) in [5.41, 5.74) is 2.30. The minimum atomic E-state index is -3.62. The van der Waals surface area contributed by atoms with Gasteiger partial charge in [-0.2, -0.15) is 0 Å². The van der Waals surface area contributed by atoms with E-state index in [1.165, 1.54) is 6.07 Å². The van der Waals surface area contributed by atoms with E-state index in [1.54, 1.807) is 31.2 Å². The van der Waals surface area contributed by atoms with Gasteiger partial charge in [0, 0.05) is 36.3 Å². The SMILES string of the molecule is Cc1ccc(/C(=C\[C@H]2CCC(=O)C2)c2ccc(S(=O)(=O)CCCO)c(Cl)c2)[nH]c1=O. The summed E-state index contributed by atoms with van der Waals surface area (Å²) >= 11 is 6.33. The van der Waals surface area contributed by atoms with Gasteiger partial charge >= 0.3 is 0 Å². The molecule has 3 rings (SSSR count). The Morgan fingerprint density at radius 1 is 1.27 bits per heavy atom. The number of ketones is 1. The summed E-state index contributed by atoms with van der Waals surface area (Å²) in [7, 11) is -3.62. The van der Waals surface area contributed by atoms with Crippen LogP contribution in [0.1, 0.15) is 42.5 Å². The molecule has 0 amide bonds. The van der Waals surface area contributed by atoms with Crippen LogP contribution in [-0.4, -0.2) is 36.7 Å². The van der Waals surface area contributed by atoms with E-state index in [0.29, 0.717) is 35.2 Å². The van der Waals surface area contributed by atoms with Gasteiger partial charge in [-0.3, -0.25) is 9.59 Å². The van der Waals surface area contributed by atoms with Crippen LogP contribution in [0.4, 0.5) is 0 Å². The highest BCUT2D eigenvalue weighted by Crippen LogP contribution is 2.33. The van der Waals surface area contributed by atoms with Gasteiger partial charge < -0.3 is 10.1 Å². The zero-order chi connectivity index (χ0) is 21.9. The molecule has 30 heavy (non-hydrogen) atoms. The number of pyridine rings is 1. The van der Waals surface area contributed by atoms with Gasteiger partial charge in [0.2, 0.25) is 0 Å². The number of H-pyrrole nitrogens is 1. The molecule has 1 aromatic heterocycles. The second kappa shape index (κ2) is 9.29. The van der Waals surface area contributed by atoms with Crippen LogP contribution < -0.4 is 5.56 Å². The molecule has 0 unspecified atom stereocenters. The molecule has 1 heterocycles. The molecule has 0 radical (unpaired) electrons. The topological polar surface area (TPSA) is 104 Å². The van der Waals surface area contributed by atoms with Gasteiger partial charge in [0.05, 0.1) is 15.7 Å². The Labute approximate surface area is 180 Å². The predicted molar refractivity (Wildman–Crippen MR) is 116 cm³/mol. The molecular formula is C22H24ClNO5S. The summed E-state index contributed by atoms with van der Waals surface area (Å²) in [6.45, 7) is 1.49. The highest BCUT2D eigenvalue weighted by molar-refractivity contribution is 7.91. The van der Waals surface area contributed by atoms with Crippen molar-refractivity contribution in [3.63, 3.8) is 0 Å². The van der Waals surface area contributed by atoms with Crippen molar-refractivity contribution < 1.29 is 18.3 Å². The number of carbonyl (C=O) groups is 1. The van der Waals surface area contributed by atoms with Crippen molar-refractivity contribution in [3.05, 3.63) is 68.6 Å². The van der Waals surface area contributed by atoms with Crippen molar-refractivity contribution in [2.45, 2.75) is 37.5 Å². The monoisotopic (exact) mass is 449 g/mol. The van der Waals surface area contributed by atoms with Gasteiger partial charge in [-0.25, -0.2) is 8.42 Å². The molecule has 1 aliphatic carbocycles. The van der Waals surface area contributed by atoms with Gasteiger partial charge in [0.1, 0.15) is 5.78 Å². The molecule has 0 saturated heterocycles. The summed E-state index contributed by atoms with van der Waals surface area (Å²) in [5, 5.41) is 9.00. The second-order valence-electron chi connectivity index (χ2n) is 7.55. The number of aliphatic hydroxyl groups is 1. The Hall–Kier alpha value is -2.22. The number of hydrogen-bond acceptors (Lipinski definition) is 5. The molecule has 1 aromatic carbocycles. The molecular weight excluding hydrogens is 426 g/mol. The van der Waals surface area contributed by atoms with E-state index in [1.807, 2.05) is 6.08 Å². The maximum absolute atomic E-state index is 12.5. The number of aromatic nitrogens is 1. The van der Waals surface area contributed by atoms with Crippen LogP contribution >= 0.6 is 11.6 Å².